The lowest BCUT2D eigenvalue weighted by molar-refractivity contribution is -0.131. The molecule has 0 aliphatic heterocycles. The standard InChI is InChI=1S/C13H16FNO3/c1-15(2)11(5-7-13(16)17)9-4-6-12(18-3)10(14)8-9/h4-8,11H,1-3H3,(H,16,17)/b7-5+. The lowest BCUT2D eigenvalue weighted by atomic mass is 10.0. The molecule has 1 aromatic rings. The highest BCUT2D eigenvalue weighted by Gasteiger charge is 2.13. The van der Waals surface area contributed by atoms with E-state index in [9.17, 15) is 9.18 Å². The summed E-state index contributed by atoms with van der Waals surface area (Å²) in [5.74, 6) is -1.33. The van der Waals surface area contributed by atoms with Gasteiger partial charge < -0.3 is 9.84 Å². The first-order valence-electron chi connectivity index (χ1n) is 5.36. The lowest BCUT2D eigenvalue weighted by Gasteiger charge is -2.21. The Morgan fingerprint density at radius 1 is 1.50 bits per heavy atom. The van der Waals surface area contributed by atoms with Crippen molar-refractivity contribution in [3.05, 3.63) is 41.7 Å². The van der Waals surface area contributed by atoms with Crippen LogP contribution in [0.2, 0.25) is 0 Å². The highest BCUT2D eigenvalue weighted by Crippen LogP contribution is 2.25. The van der Waals surface area contributed by atoms with Gasteiger partial charge in [-0.3, -0.25) is 4.90 Å². The van der Waals surface area contributed by atoms with Crippen molar-refractivity contribution in [1.29, 1.82) is 0 Å². The molecule has 1 rings (SSSR count). The van der Waals surface area contributed by atoms with Crippen LogP contribution in [-0.2, 0) is 4.79 Å². The number of nitrogens with zero attached hydrogens (tertiary/aromatic N) is 1. The van der Waals surface area contributed by atoms with E-state index >= 15 is 0 Å². The van der Waals surface area contributed by atoms with Crippen molar-refractivity contribution >= 4 is 5.97 Å². The molecule has 98 valence electrons. The predicted molar refractivity (Wildman–Crippen MR) is 66.2 cm³/mol. The Morgan fingerprint density at radius 3 is 2.61 bits per heavy atom. The van der Waals surface area contributed by atoms with Crippen LogP contribution in [0.1, 0.15) is 11.6 Å². The maximum Gasteiger partial charge on any atom is 0.328 e. The fourth-order valence-corrected chi connectivity index (χ4v) is 1.62. The maximum absolute atomic E-state index is 13.6. The third kappa shape index (κ3) is 3.56. The number of rotatable bonds is 5. The summed E-state index contributed by atoms with van der Waals surface area (Å²) in [6.45, 7) is 0. The van der Waals surface area contributed by atoms with Gasteiger partial charge in [0.15, 0.2) is 11.6 Å². The van der Waals surface area contributed by atoms with Crippen molar-refractivity contribution in [2.45, 2.75) is 6.04 Å². The molecule has 0 heterocycles. The Kier molecular flexibility index (Phi) is 4.85. The van der Waals surface area contributed by atoms with E-state index in [0.717, 1.165) is 6.08 Å². The Bertz CT molecular complexity index is 458. The number of benzene rings is 1. The summed E-state index contributed by atoms with van der Waals surface area (Å²) >= 11 is 0. The smallest absolute Gasteiger partial charge is 0.328 e. The van der Waals surface area contributed by atoms with Crippen LogP contribution in [0.3, 0.4) is 0 Å². The number of hydrogen-bond acceptors (Lipinski definition) is 3. The summed E-state index contributed by atoms with van der Waals surface area (Å²) in [6.07, 6.45) is 2.55. The second kappa shape index (κ2) is 6.16. The van der Waals surface area contributed by atoms with Crippen LogP contribution < -0.4 is 4.74 Å². The molecule has 0 fully saturated rings. The average Bonchev–Trinajstić information content (AvgIpc) is 2.28. The Balaban J connectivity index is 3.06. The maximum atomic E-state index is 13.6. The van der Waals surface area contributed by atoms with Crippen molar-refractivity contribution in [1.82, 2.24) is 4.90 Å². The molecule has 18 heavy (non-hydrogen) atoms. The van der Waals surface area contributed by atoms with Crippen molar-refractivity contribution in [3.63, 3.8) is 0 Å². The number of halogens is 1. The third-order valence-corrected chi connectivity index (χ3v) is 2.49. The van der Waals surface area contributed by atoms with E-state index in [2.05, 4.69) is 0 Å². The molecule has 0 aromatic heterocycles. The molecule has 0 amide bonds. The van der Waals surface area contributed by atoms with Gasteiger partial charge in [0.05, 0.1) is 13.2 Å². The highest BCUT2D eigenvalue weighted by molar-refractivity contribution is 5.79. The fourth-order valence-electron chi connectivity index (χ4n) is 1.62. The number of methoxy groups -OCH3 is 1. The Morgan fingerprint density at radius 2 is 2.17 bits per heavy atom. The average molecular weight is 253 g/mol. The summed E-state index contributed by atoms with van der Waals surface area (Å²) in [5, 5.41) is 8.63. The van der Waals surface area contributed by atoms with Crippen molar-refractivity contribution < 1.29 is 19.0 Å². The predicted octanol–water partition coefficient (Wildman–Crippen LogP) is 2.08. The molecule has 0 radical (unpaired) electrons. The number of aliphatic carboxylic acids is 1. The summed E-state index contributed by atoms with van der Waals surface area (Å²) in [5.41, 5.74) is 0.663. The summed E-state index contributed by atoms with van der Waals surface area (Å²) in [6, 6.07) is 4.27. The zero-order valence-electron chi connectivity index (χ0n) is 10.6. The second-order valence-electron chi connectivity index (χ2n) is 4.00. The molecule has 0 bridgehead atoms. The first kappa shape index (κ1) is 14.2. The van der Waals surface area contributed by atoms with E-state index in [1.165, 1.54) is 25.3 Å². The van der Waals surface area contributed by atoms with E-state index in [4.69, 9.17) is 9.84 Å². The lowest BCUT2D eigenvalue weighted by Crippen LogP contribution is -2.18. The zero-order valence-corrected chi connectivity index (χ0v) is 10.6. The van der Waals surface area contributed by atoms with Gasteiger partial charge in [-0.25, -0.2) is 9.18 Å². The largest absolute Gasteiger partial charge is 0.494 e. The van der Waals surface area contributed by atoms with Crippen molar-refractivity contribution in [3.8, 4) is 5.75 Å². The van der Waals surface area contributed by atoms with E-state index in [1.54, 1.807) is 25.1 Å². The number of hydrogen-bond donors (Lipinski definition) is 1. The molecule has 5 heteroatoms. The van der Waals surface area contributed by atoms with Crippen LogP contribution in [0.25, 0.3) is 0 Å². The summed E-state index contributed by atoms with van der Waals surface area (Å²) in [7, 11) is 4.98. The molecule has 0 saturated heterocycles. The number of carboxylic acid groups (broad SMARTS) is 1. The quantitative estimate of drug-likeness (QED) is 0.816. The van der Waals surface area contributed by atoms with Crippen LogP contribution in [0.5, 0.6) is 5.75 Å². The molecule has 4 nitrogen and oxygen atoms in total. The Hall–Kier alpha value is -1.88. The first-order chi connectivity index (χ1) is 8.45. The number of carbonyl (C=O) groups is 1. The monoisotopic (exact) mass is 253 g/mol. The molecule has 1 aromatic carbocycles. The van der Waals surface area contributed by atoms with Gasteiger partial charge >= 0.3 is 5.97 Å². The molecule has 0 aliphatic carbocycles. The third-order valence-electron chi connectivity index (χ3n) is 2.49. The van der Waals surface area contributed by atoms with Gasteiger partial charge in [0.25, 0.3) is 0 Å². The van der Waals surface area contributed by atoms with Crippen LogP contribution in [0.4, 0.5) is 4.39 Å². The van der Waals surface area contributed by atoms with Crippen LogP contribution in [0.15, 0.2) is 30.4 Å². The SMILES string of the molecule is COc1ccc(C(/C=C/C(=O)O)N(C)C)cc1F. The summed E-state index contributed by atoms with van der Waals surface area (Å²) in [4.78, 5) is 12.3. The van der Waals surface area contributed by atoms with Gasteiger partial charge in [-0.15, -0.1) is 0 Å². The number of likely N-dealkylation sites (N-methyl/N-ethyl adjacent to an activating group) is 1. The molecule has 0 aliphatic rings. The molecule has 0 saturated carbocycles. The van der Waals surface area contributed by atoms with Crippen LogP contribution in [0, 0.1) is 5.82 Å². The topological polar surface area (TPSA) is 49.8 Å². The second-order valence-corrected chi connectivity index (χ2v) is 4.00. The molecule has 1 N–H and O–H groups in total. The van der Waals surface area contributed by atoms with Gasteiger partial charge in [-0.2, -0.15) is 0 Å². The van der Waals surface area contributed by atoms with E-state index in [-0.39, 0.29) is 11.8 Å². The van der Waals surface area contributed by atoms with E-state index in [0.29, 0.717) is 5.56 Å². The van der Waals surface area contributed by atoms with E-state index < -0.39 is 11.8 Å². The van der Waals surface area contributed by atoms with Crippen LogP contribution >= 0.6 is 0 Å². The fraction of sp³-hybridized carbons (Fsp3) is 0.308. The van der Waals surface area contributed by atoms with Gasteiger partial charge in [0.2, 0.25) is 0 Å². The van der Waals surface area contributed by atoms with E-state index in [1.807, 2.05) is 0 Å². The van der Waals surface area contributed by atoms with Crippen molar-refractivity contribution in [2.24, 2.45) is 0 Å². The van der Waals surface area contributed by atoms with Gasteiger partial charge in [0, 0.05) is 6.08 Å². The van der Waals surface area contributed by atoms with Crippen LogP contribution in [-0.4, -0.2) is 37.2 Å². The molecule has 0 spiro atoms. The van der Waals surface area contributed by atoms with Gasteiger partial charge in [-0.1, -0.05) is 12.1 Å². The number of carboxylic acids is 1. The van der Waals surface area contributed by atoms with Gasteiger partial charge in [-0.05, 0) is 31.8 Å². The Labute approximate surface area is 105 Å². The summed E-state index contributed by atoms with van der Waals surface area (Å²) < 4.78 is 18.4. The molecule has 1 unspecified atom stereocenters. The minimum absolute atomic E-state index is 0.165. The van der Waals surface area contributed by atoms with Gasteiger partial charge in [0.1, 0.15) is 0 Å². The zero-order chi connectivity index (χ0) is 13.7. The molecule has 1 atom stereocenters. The molecular weight excluding hydrogens is 237 g/mol. The highest BCUT2D eigenvalue weighted by atomic mass is 19.1. The van der Waals surface area contributed by atoms with Crippen molar-refractivity contribution in [2.75, 3.05) is 21.2 Å². The minimum atomic E-state index is -1.03. The normalized spacial score (nSPS) is 12.9. The first-order valence-corrected chi connectivity index (χ1v) is 5.36. The number of ether oxygens (including phenoxy) is 1. The minimum Gasteiger partial charge on any atom is -0.494 e. The molecular formula is C13H16FNO3.